The first kappa shape index (κ1) is 10.4. The monoisotopic (exact) mass is 154 g/mol. The van der Waals surface area contributed by atoms with E-state index in [2.05, 4.69) is 20.8 Å². The molecule has 0 spiro atoms. The molecular weight excluding hydrogens is 136 g/mol. The van der Waals surface area contributed by atoms with Gasteiger partial charge in [-0.2, -0.15) is 0 Å². The van der Waals surface area contributed by atoms with Crippen LogP contribution in [0.4, 0.5) is 0 Å². The Kier molecular flexibility index (Phi) is 5.81. The third kappa shape index (κ3) is 7.31. The Morgan fingerprint density at radius 2 is 1.82 bits per heavy atom. The molecule has 0 bridgehead atoms. The highest BCUT2D eigenvalue weighted by atomic mass is 16.1. The van der Waals surface area contributed by atoms with Crippen molar-refractivity contribution < 1.29 is 4.79 Å². The lowest BCUT2D eigenvalue weighted by atomic mass is 9.99. The van der Waals surface area contributed by atoms with E-state index in [0.717, 1.165) is 12.2 Å². The molecule has 0 heterocycles. The molecule has 0 saturated carbocycles. The van der Waals surface area contributed by atoms with E-state index in [4.69, 9.17) is 0 Å². The second-order valence-electron chi connectivity index (χ2n) is 3.47. The number of hydrogen-bond acceptors (Lipinski definition) is 1. The molecule has 11 heavy (non-hydrogen) atoms. The number of carbonyl (C=O) groups excluding carboxylic acids is 1. The van der Waals surface area contributed by atoms with Gasteiger partial charge in [0.15, 0.2) is 0 Å². The van der Waals surface area contributed by atoms with E-state index >= 15 is 0 Å². The first-order valence-corrected chi connectivity index (χ1v) is 4.28. The van der Waals surface area contributed by atoms with Gasteiger partial charge in [0.1, 0.15) is 6.29 Å². The molecule has 0 fully saturated rings. The maximum Gasteiger partial charge on any atom is 0.142 e. The summed E-state index contributed by atoms with van der Waals surface area (Å²) in [5.41, 5.74) is 0. The lowest BCUT2D eigenvalue weighted by Crippen LogP contribution is -1.94. The Morgan fingerprint density at radius 3 is 2.27 bits per heavy atom. The zero-order valence-corrected chi connectivity index (χ0v) is 7.71. The minimum absolute atomic E-state index is 0.544. The van der Waals surface area contributed by atoms with E-state index in [0.29, 0.717) is 5.92 Å². The fraction of sp³-hybridized carbons (Fsp3) is 0.700. The molecule has 0 rings (SSSR count). The topological polar surface area (TPSA) is 17.1 Å². The van der Waals surface area contributed by atoms with Crippen molar-refractivity contribution in [2.24, 2.45) is 11.8 Å². The largest absolute Gasteiger partial charge is 0.299 e. The minimum atomic E-state index is 0.544. The number of allylic oxidation sites excluding steroid dienone is 2. The molecule has 0 aromatic carbocycles. The highest BCUT2D eigenvalue weighted by Crippen LogP contribution is 2.12. The third-order valence-corrected chi connectivity index (χ3v) is 1.72. The first-order valence-electron chi connectivity index (χ1n) is 4.28. The molecule has 0 radical (unpaired) electrons. The van der Waals surface area contributed by atoms with E-state index < -0.39 is 0 Å². The predicted molar refractivity (Wildman–Crippen MR) is 48.4 cm³/mol. The zero-order valence-electron chi connectivity index (χ0n) is 7.71. The molecule has 0 aliphatic carbocycles. The van der Waals surface area contributed by atoms with Crippen molar-refractivity contribution in [3.05, 3.63) is 12.2 Å². The normalized spacial score (nSPS) is 14.2. The van der Waals surface area contributed by atoms with Crippen molar-refractivity contribution >= 4 is 6.29 Å². The average molecular weight is 154 g/mol. The van der Waals surface area contributed by atoms with Gasteiger partial charge in [-0.25, -0.2) is 0 Å². The first-order chi connectivity index (χ1) is 5.16. The molecule has 0 saturated heterocycles. The highest BCUT2D eigenvalue weighted by Gasteiger charge is 1.98. The van der Waals surface area contributed by atoms with E-state index in [1.165, 1.54) is 12.8 Å². The van der Waals surface area contributed by atoms with Gasteiger partial charge in [-0.15, -0.1) is 0 Å². The number of rotatable bonds is 5. The summed E-state index contributed by atoms with van der Waals surface area (Å²) < 4.78 is 0. The van der Waals surface area contributed by atoms with Crippen LogP contribution in [-0.4, -0.2) is 6.29 Å². The quantitative estimate of drug-likeness (QED) is 0.439. The molecule has 1 nitrogen and oxygen atoms in total. The van der Waals surface area contributed by atoms with Gasteiger partial charge in [0.2, 0.25) is 0 Å². The third-order valence-electron chi connectivity index (χ3n) is 1.72. The van der Waals surface area contributed by atoms with Crippen molar-refractivity contribution in [2.45, 2.75) is 33.6 Å². The summed E-state index contributed by atoms with van der Waals surface area (Å²) in [5, 5.41) is 0. The van der Waals surface area contributed by atoms with Crippen molar-refractivity contribution in [3.63, 3.8) is 0 Å². The van der Waals surface area contributed by atoms with Gasteiger partial charge >= 0.3 is 0 Å². The lowest BCUT2D eigenvalue weighted by molar-refractivity contribution is -0.104. The molecule has 0 aliphatic heterocycles. The Balaban J connectivity index is 3.44. The van der Waals surface area contributed by atoms with Crippen LogP contribution in [0.5, 0.6) is 0 Å². The minimum Gasteiger partial charge on any atom is -0.299 e. The predicted octanol–water partition coefficient (Wildman–Crippen LogP) is 2.81. The summed E-state index contributed by atoms with van der Waals surface area (Å²) in [7, 11) is 0. The van der Waals surface area contributed by atoms with Gasteiger partial charge in [-0.3, -0.25) is 4.79 Å². The van der Waals surface area contributed by atoms with Gasteiger partial charge in [0, 0.05) is 0 Å². The summed E-state index contributed by atoms with van der Waals surface area (Å²) >= 11 is 0. The van der Waals surface area contributed by atoms with Crippen LogP contribution in [0.2, 0.25) is 0 Å². The van der Waals surface area contributed by atoms with Crippen molar-refractivity contribution in [1.29, 1.82) is 0 Å². The lowest BCUT2D eigenvalue weighted by Gasteiger charge is -2.07. The summed E-state index contributed by atoms with van der Waals surface area (Å²) in [6.07, 6.45) is 6.82. The van der Waals surface area contributed by atoms with Crippen molar-refractivity contribution in [2.75, 3.05) is 0 Å². The van der Waals surface area contributed by atoms with Gasteiger partial charge in [-0.1, -0.05) is 33.3 Å². The smallest absolute Gasteiger partial charge is 0.142 e. The fourth-order valence-corrected chi connectivity index (χ4v) is 0.927. The second kappa shape index (κ2) is 6.14. The van der Waals surface area contributed by atoms with Crippen molar-refractivity contribution in [1.82, 2.24) is 0 Å². The van der Waals surface area contributed by atoms with E-state index in [1.54, 1.807) is 6.08 Å². The van der Waals surface area contributed by atoms with Crippen LogP contribution in [0.25, 0.3) is 0 Å². The summed E-state index contributed by atoms with van der Waals surface area (Å²) in [4.78, 5) is 9.96. The van der Waals surface area contributed by atoms with Crippen LogP contribution in [0, 0.1) is 11.8 Å². The highest BCUT2D eigenvalue weighted by molar-refractivity contribution is 5.64. The van der Waals surface area contributed by atoms with Gasteiger partial charge < -0.3 is 0 Å². The molecule has 0 aromatic rings. The van der Waals surface area contributed by atoms with E-state index in [-0.39, 0.29) is 0 Å². The second-order valence-corrected chi connectivity index (χ2v) is 3.47. The summed E-state index contributed by atoms with van der Waals surface area (Å²) in [5.74, 6) is 1.31. The Labute approximate surface area is 69.5 Å². The molecular formula is C10H18O. The molecule has 1 atom stereocenters. The molecule has 1 unspecified atom stereocenters. The maximum atomic E-state index is 9.96. The van der Waals surface area contributed by atoms with Crippen LogP contribution in [0.1, 0.15) is 33.6 Å². The van der Waals surface area contributed by atoms with E-state index in [9.17, 15) is 4.79 Å². The standard InChI is InChI=1S/C10H18O/c1-9(2)6-7-10(3)5-4-8-11/h4-5,8-10H,6-7H2,1-3H3. The molecule has 0 aromatic heterocycles. The molecule has 0 N–H and O–H groups in total. The van der Waals surface area contributed by atoms with Crippen LogP contribution in [-0.2, 0) is 4.79 Å². The molecule has 64 valence electrons. The van der Waals surface area contributed by atoms with Crippen LogP contribution >= 0.6 is 0 Å². The number of hydrogen-bond donors (Lipinski definition) is 0. The molecule has 0 aliphatic rings. The van der Waals surface area contributed by atoms with Gasteiger partial charge in [0.25, 0.3) is 0 Å². The maximum absolute atomic E-state index is 9.96. The van der Waals surface area contributed by atoms with Gasteiger partial charge in [-0.05, 0) is 24.3 Å². The van der Waals surface area contributed by atoms with Crippen LogP contribution < -0.4 is 0 Å². The van der Waals surface area contributed by atoms with Crippen LogP contribution in [0.15, 0.2) is 12.2 Å². The number of aldehydes is 1. The molecule has 1 heteroatoms. The Bertz CT molecular complexity index is 125. The summed E-state index contributed by atoms with van der Waals surface area (Å²) in [6.45, 7) is 6.58. The fourth-order valence-electron chi connectivity index (χ4n) is 0.927. The van der Waals surface area contributed by atoms with Crippen LogP contribution in [0.3, 0.4) is 0 Å². The Morgan fingerprint density at radius 1 is 1.18 bits per heavy atom. The van der Waals surface area contributed by atoms with Crippen molar-refractivity contribution in [3.8, 4) is 0 Å². The average Bonchev–Trinajstić information content (AvgIpc) is 1.97. The number of carbonyl (C=O) groups is 1. The molecule has 0 amide bonds. The SMILES string of the molecule is CC(C)CCC(C)C=CC=O. The van der Waals surface area contributed by atoms with E-state index in [1.807, 2.05) is 6.08 Å². The zero-order chi connectivity index (χ0) is 8.69. The van der Waals surface area contributed by atoms with Gasteiger partial charge in [0.05, 0.1) is 0 Å². The summed E-state index contributed by atoms with van der Waals surface area (Å²) in [6, 6.07) is 0. The Hall–Kier alpha value is -0.590.